The van der Waals surface area contributed by atoms with Crippen LogP contribution in [-0.2, 0) is 17.1 Å². The van der Waals surface area contributed by atoms with Gasteiger partial charge in [-0.05, 0) is 30.3 Å². The number of carboxylic acids is 1. The molecule has 0 heterocycles. The highest BCUT2D eigenvalue weighted by Crippen LogP contribution is 2.37. The van der Waals surface area contributed by atoms with E-state index in [4.69, 9.17) is 16.7 Å². The van der Waals surface area contributed by atoms with Crippen molar-refractivity contribution >= 4 is 29.2 Å². The highest BCUT2D eigenvalue weighted by Gasteiger charge is 2.38. The number of rotatable bonds is 6. The lowest BCUT2D eigenvalue weighted by molar-refractivity contribution is -0.385. The van der Waals surface area contributed by atoms with Crippen molar-refractivity contribution in [3.05, 3.63) is 73.8 Å². The average molecular weight is 485 g/mol. The van der Waals surface area contributed by atoms with E-state index in [0.29, 0.717) is 0 Å². The fourth-order valence-corrected chi connectivity index (χ4v) is 2.89. The summed E-state index contributed by atoms with van der Waals surface area (Å²) in [5.41, 5.74) is -5.67. The molecule has 1 amide bonds. The third kappa shape index (κ3) is 6.09. The molecular formula is C18H11ClF6N2O5. The first kappa shape index (κ1) is 24.9. The molecule has 2 aromatic rings. The maximum absolute atomic E-state index is 13.0. The van der Waals surface area contributed by atoms with Gasteiger partial charge in [-0.2, -0.15) is 26.3 Å². The van der Waals surface area contributed by atoms with E-state index in [1.54, 1.807) is 0 Å². The minimum absolute atomic E-state index is 0.0892. The van der Waals surface area contributed by atoms with Crippen molar-refractivity contribution in [2.45, 2.75) is 24.8 Å². The van der Waals surface area contributed by atoms with Crippen LogP contribution in [0.1, 0.15) is 39.5 Å². The highest BCUT2D eigenvalue weighted by atomic mass is 35.5. The van der Waals surface area contributed by atoms with Crippen LogP contribution in [0, 0.1) is 10.1 Å². The summed E-state index contributed by atoms with van der Waals surface area (Å²) in [6.45, 7) is 0. The van der Waals surface area contributed by atoms with Crippen LogP contribution in [0.2, 0.25) is 5.02 Å². The SMILES string of the molecule is O=C(O)CC(NC(=O)c1cc(C(F)(F)F)cc(C(F)(F)F)c1)c1cc(Cl)ccc1[N+](=O)[O-]. The Balaban J connectivity index is 2.55. The Bertz CT molecular complexity index is 1040. The number of aliphatic carboxylic acids is 1. The summed E-state index contributed by atoms with van der Waals surface area (Å²) in [5, 5.41) is 22.2. The van der Waals surface area contributed by atoms with Gasteiger partial charge in [0.2, 0.25) is 0 Å². The number of nitro groups is 1. The second kappa shape index (κ2) is 9.02. The summed E-state index contributed by atoms with van der Waals surface area (Å²) >= 11 is 5.76. The number of carboxylic acid groups (broad SMARTS) is 1. The lowest BCUT2D eigenvalue weighted by atomic mass is 10.00. The minimum atomic E-state index is -5.22. The minimum Gasteiger partial charge on any atom is -0.481 e. The summed E-state index contributed by atoms with van der Waals surface area (Å²) in [6.07, 6.45) is -11.4. The van der Waals surface area contributed by atoms with Gasteiger partial charge in [-0.1, -0.05) is 11.6 Å². The third-order valence-electron chi connectivity index (χ3n) is 4.10. The maximum atomic E-state index is 13.0. The van der Waals surface area contributed by atoms with Crippen molar-refractivity contribution in [2.75, 3.05) is 0 Å². The summed E-state index contributed by atoms with van der Waals surface area (Å²) in [4.78, 5) is 34.0. The molecule has 1 atom stereocenters. The lowest BCUT2D eigenvalue weighted by Crippen LogP contribution is -2.31. The number of nitrogens with one attached hydrogen (secondary N) is 1. The molecule has 0 bridgehead atoms. The van der Waals surface area contributed by atoms with Crippen molar-refractivity contribution in [1.82, 2.24) is 5.32 Å². The van der Waals surface area contributed by atoms with Crippen LogP contribution in [0.4, 0.5) is 32.0 Å². The molecule has 7 nitrogen and oxygen atoms in total. The molecule has 0 fully saturated rings. The van der Waals surface area contributed by atoms with Crippen molar-refractivity contribution < 1.29 is 46.0 Å². The van der Waals surface area contributed by atoms with Crippen LogP contribution >= 0.6 is 11.6 Å². The monoisotopic (exact) mass is 484 g/mol. The van der Waals surface area contributed by atoms with Gasteiger partial charge >= 0.3 is 18.3 Å². The van der Waals surface area contributed by atoms with Gasteiger partial charge in [0.05, 0.1) is 34.1 Å². The molecule has 0 aliphatic heterocycles. The van der Waals surface area contributed by atoms with Gasteiger partial charge in [-0.25, -0.2) is 0 Å². The van der Waals surface area contributed by atoms with Gasteiger partial charge in [0, 0.05) is 16.7 Å². The Labute approximate surface area is 179 Å². The number of nitrogens with zero attached hydrogens (tertiary/aromatic N) is 1. The van der Waals surface area contributed by atoms with Crippen LogP contribution in [0.15, 0.2) is 36.4 Å². The number of hydrogen-bond donors (Lipinski definition) is 2. The molecule has 0 spiro atoms. The van der Waals surface area contributed by atoms with Crippen molar-refractivity contribution in [2.24, 2.45) is 0 Å². The van der Waals surface area contributed by atoms with Gasteiger partial charge in [0.25, 0.3) is 11.6 Å². The van der Waals surface area contributed by atoms with Crippen LogP contribution in [0.25, 0.3) is 0 Å². The smallest absolute Gasteiger partial charge is 0.416 e. The molecule has 0 radical (unpaired) electrons. The molecule has 0 aromatic heterocycles. The fourth-order valence-electron chi connectivity index (χ4n) is 2.71. The fraction of sp³-hybridized carbons (Fsp3) is 0.222. The normalized spacial score (nSPS) is 12.8. The van der Waals surface area contributed by atoms with Gasteiger partial charge in [0.1, 0.15) is 0 Å². The Morgan fingerprint density at radius 2 is 1.56 bits per heavy atom. The number of carbonyl (C=O) groups excluding carboxylic acids is 1. The lowest BCUT2D eigenvalue weighted by Gasteiger charge is -2.19. The number of hydrogen-bond acceptors (Lipinski definition) is 4. The van der Waals surface area contributed by atoms with Gasteiger partial charge in [-0.3, -0.25) is 19.7 Å². The third-order valence-corrected chi connectivity index (χ3v) is 4.33. The topological polar surface area (TPSA) is 110 Å². The molecule has 0 aliphatic carbocycles. The zero-order valence-corrected chi connectivity index (χ0v) is 16.2. The predicted octanol–water partition coefficient (Wildman–Crippen LogP) is 5.23. The molecule has 2 aromatic carbocycles. The Hall–Kier alpha value is -3.35. The molecule has 0 saturated carbocycles. The van der Waals surface area contributed by atoms with E-state index in [1.165, 1.54) is 0 Å². The van der Waals surface area contributed by atoms with Crippen LogP contribution in [-0.4, -0.2) is 21.9 Å². The molecular weight excluding hydrogens is 474 g/mol. The standard InChI is InChI=1S/C18H11ClF6N2O5/c19-11-1-2-14(27(31)32)12(6-11)13(7-15(28)29)26-16(30)8-3-9(17(20,21)22)5-10(4-8)18(23,24)25/h1-6,13H,7H2,(H,26,30)(H,28,29). The number of carbonyl (C=O) groups is 2. The summed E-state index contributed by atoms with van der Waals surface area (Å²) in [6, 6.07) is 1.39. The maximum Gasteiger partial charge on any atom is 0.416 e. The number of benzene rings is 2. The van der Waals surface area contributed by atoms with Crippen molar-refractivity contribution in [1.29, 1.82) is 0 Å². The largest absolute Gasteiger partial charge is 0.481 e. The zero-order chi connectivity index (χ0) is 24.4. The predicted molar refractivity (Wildman–Crippen MR) is 97.0 cm³/mol. The number of nitro benzene ring substituents is 1. The first-order valence-corrected chi connectivity index (χ1v) is 8.73. The van der Waals surface area contributed by atoms with E-state index < -0.39 is 69.6 Å². The van der Waals surface area contributed by atoms with Gasteiger partial charge in [-0.15, -0.1) is 0 Å². The molecule has 172 valence electrons. The molecule has 32 heavy (non-hydrogen) atoms. The van der Waals surface area contributed by atoms with E-state index in [-0.39, 0.29) is 23.2 Å². The van der Waals surface area contributed by atoms with Crippen LogP contribution in [0.3, 0.4) is 0 Å². The number of halogens is 7. The zero-order valence-electron chi connectivity index (χ0n) is 15.4. The number of alkyl halides is 6. The van der Waals surface area contributed by atoms with Gasteiger partial charge in [0.15, 0.2) is 0 Å². The second-order valence-electron chi connectivity index (χ2n) is 6.38. The molecule has 14 heteroatoms. The molecule has 0 saturated heterocycles. The van der Waals surface area contributed by atoms with Crippen molar-refractivity contribution in [3.63, 3.8) is 0 Å². The summed E-state index contributed by atoms with van der Waals surface area (Å²) < 4.78 is 78.1. The molecule has 1 unspecified atom stereocenters. The van der Waals surface area contributed by atoms with Crippen molar-refractivity contribution in [3.8, 4) is 0 Å². The molecule has 2 N–H and O–H groups in total. The molecule has 2 rings (SSSR count). The first-order valence-electron chi connectivity index (χ1n) is 8.35. The van der Waals surface area contributed by atoms with E-state index in [2.05, 4.69) is 0 Å². The quantitative estimate of drug-likeness (QED) is 0.331. The average Bonchev–Trinajstić information content (AvgIpc) is 2.65. The summed E-state index contributed by atoms with van der Waals surface area (Å²) in [7, 11) is 0. The Kier molecular flexibility index (Phi) is 7.03. The Morgan fingerprint density at radius 3 is 2.00 bits per heavy atom. The first-order chi connectivity index (χ1) is 14.6. The summed E-state index contributed by atoms with van der Waals surface area (Å²) in [5.74, 6) is -3.08. The highest BCUT2D eigenvalue weighted by molar-refractivity contribution is 6.30. The van der Waals surface area contributed by atoms with Crippen LogP contribution < -0.4 is 5.32 Å². The molecule has 0 aliphatic rings. The van der Waals surface area contributed by atoms with E-state index >= 15 is 0 Å². The Morgan fingerprint density at radius 1 is 1.03 bits per heavy atom. The van der Waals surface area contributed by atoms with E-state index in [0.717, 1.165) is 18.2 Å². The van der Waals surface area contributed by atoms with Gasteiger partial charge < -0.3 is 10.4 Å². The van der Waals surface area contributed by atoms with Crippen LogP contribution in [0.5, 0.6) is 0 Å². The van der Waals surface area contributed by atoms with E-state index in [9.17, 15) is 46.0 Å². The van der Waals surface area contributed by atoms with E-state index in [1.807, 2.05) is 5.32 Å². The second-order valence-corrected chi connectivity index (χ2v) is 6.82. The number of amides is 1.